The van der Waals surface area contributed by atoms with Crippen molar-refractivity contribution in [2.24, 2.45) is 5.73 Å². The van der Waals surface area contributed by atoms with Crippen LogP contribution in [0.4, 0.5) is 4.39 Å². The van der Waals surface area contributed by atoms with Gasteiger partial charge in [-0.25, -0.2) is 14.2 Å². The zero-order valence-corrected chi connectivity index (χ0v) is 20.8. The van der Waals surface area contributed by atoms with E-state index >= 15 is 4.39 Å². The molecule has 196 valence electrons. The normalized spacial score (nSPS) is 23.0. The summed E-state index contributed by atoms with van der Waals surface area (Å²) in [6, 6.07) is 2.25. The molecule has 6 rings (SSSR count). The second kappa shape index (κ2) is 8.42. The van der Waals surface area contributed by atoms with Gasteiger partial charge in [0.15, 0.2) is 5.60 Å². The molecule has 0 spiro atoms. The lowest BCUT2D eigenvalue weighted by molar-refractivity contribution is -0.172. The third-order valence-corrected chi connectivity index (χ3v) is 7.15. The van der Waals surface area contributed by atoms with E-state index in [1.807, 2.05) is 0 Å². The molecule has 0 unspecified atom stereocenters. The molecule has 3 aromatic rings. The van der Waals surface area contributed by atoms with Gasteiger partial charge in [-0.3, -0.25) is 9.35 Å². The van der Waals surface area contributed by atoms with Gasteiger partial charge >= 0.3 is 5.97 Å². The first-order chi connectivity index (χ1) is 18.5. The van der Waals surface area contributed by atoms with E-state index in [9.17, 15) is 23.1 Å². The second-order valence-corrected chi connectivity index (χ2v) is 10.9. The number of aliphatic hydroxyl groups is 1. The minimum Gasteiger partial charge on any atom is -0.458 e. The fraction of sp³-hybridized carbons (Fsp3) is 0.400. The number of aryl methyl sites for hydroxylation is 1. The van der Waals surface area contributed by atoms with Crippen LogP contribution in [-0.2, 0) is 44.8 Å². The maximum absolute atomic E-state index is 15.1. The van der Waals surface area contributed by atoms with Gasteiger partial charge in [-0.2, -0.15) is 8.42 Å². The van der Waals surface area contributed by atoms with Gasteiger partial charge in [0, 0.05) is 32.7 Å². The molecular formula is C25H26FN3O7S. The molecule has 1 aromatic carbocycles. The van der Waals surface area contributed by atoms with E-state index in [-0.39, 0.29) is 41.8 Å². The Bertz CT molecular complexity index is 1780. The minimum atomic E-state index is -3.67. The van der Waals surface area contributed by atoms with Gasteiger partial charge in [-0.1, -0.05) is 6.92 Å². The van der Waals surface area contributed by atoms with E-state index in [1.54, 1.807) is 13.0 Å². The third kappa shape index (κ3) is 3.86. The SMILES string of the molecule is CS(=O)(=O)O.[2H]C([2H])([2H])c1c(F)cc2nc3c(c4c2c1CC[C@@H]4N)Cn1c-3cc2c(c1=O)COC(=O)[C@]2(O)CC. The van der Waals surface area contributed by atoms with Crippen molar-refractivity contribution in [2.45, 2.75) is 57.8 Å². The number of benzene rings is 1. The van der Waals surface area contributed by atoms with Crippen LogP contribution in [0.3, 0.4) is 0 Å². The lowest BCUT2D eigenvalue weighted by Crippen LogP contribution is -2.44. The monoisotopic (exact) mass is 534 g/mol. The summed E-state index contributed by atoms with van der Waals surface area (Å²) in [6.45, 7) is -1.12. The first kappa shape index (κ1) is 21.9. The molecular weight excluding hydrogens is 505 g/mol. The fourth-order valence-electron chi connectivity index (χ4n) is 5.43. The lowest BCUT2D eigenvalue weighted by Gasteiger charge is -2.31. The summed E-state index contributed by atoms with van der Waals surface area (Å²) in [6.07, 6.45) is 1.46. The number of ether oxygens (including phenoxy) is 1. The highest BCUT2D eigenvalue weighted by molar-refractivity contribution is 7.85. The number of cyclic esters (lactones) is 1. The van der Waals surface area contributed by atoms with Crippen LogP contribution in [0, 0.1) is 12.7 Å². The Morgan fingerprint density at radius 1 is 1.32 bits per heavy atom. The zero-order chi connectivity index (χ0) is 29.5. The molecule has 2 aliphatic heterocycles. The largest absolute Gasteiger partial charge is 0.458 e. The molecule has 0 saturated carbocycles. The molecule has 0 saturated heterocycles. The molecule has 4 N–H and O–H groups in total. The molecule has 4 heterocycles. The van der Waals surface area contributed by atoms with E-state index in [0.29, 0.717) is 52.6 Å². The van der Waals surface area contributed by atoms with Crippen LogP contribution >= 0.6 is 0 Å². The van der Waals surface area contributed by atoms with Crippen LogP contribution in [0.1, 0.15) is 63.3 Å². The van der Waals surface area contributed by atoms with Gasteiger partial charge in [0.1, 0.15) is 12.4 Å². The summed E-state index contributed by atoms with van der Waals surface area (Å²) in [7, 11) is -3.67. The number of pyridine rings is 2. The number of carbonyl (C=O) groups is 1. The Kier molecular flexibility index (Phi) is 4.97. The lowest BCUT2D eigenvalue weighted by atomic mass is 9.82. The van der Waals surface area contributed by atoms with Gasteiger partial charge in [-0.15, -0.1) is 0 Å². The van der Waals surface area contributed by atoms with Crippen LogP contribution in [0.15, 0.2) is 16.9 Å². The first-order valence-electron chi connectivity index (χ1n) is 13.0. The molecule has 0 bridgehead atoms. The van der Waals surface area contributed by atoms with Crippen molar-refractivity contribution in [1.29, 1.82) is 0 Å². The topological polar surface area (TPSA) is 162 Å². The minimum absolute atomic E-state index is 0.0162. The summed E-state index contributed by atoms with van der Waals surface area (Å²) >= 11 is 0. The van der Waals surface area contributed by atoms with Crippen LogP contribution in [0.5, 0.6) is 0 Å². The van der Waals surface area contributed by atoms with Crippen molar-refractivity contribution in [3.8, 4) is 11.4 Å². The van der Waals surface area contributed by atoms with Crippen molar-refractivity contribution in [3.63, 3.8) is 0 Å². The Morgan fingerprint density at radius 2 is 2.03 bits per heavy atom. The molecule has 1 aliphatic carbocycles. The highest BCUT2D eigenvalue weighted by Crippen LogP contribution is 2.45. The van der Waals surface area contributed by atoms with Crippen molar-refractivity contribution < 1.29 is 36.1 Å². The summed E-state index contributed by atoms with van der Waals surface area (Å²) in [5.41, 5.74) is 6.98. The summed E-state index contributed by atoms with van der Waals surface area (Å²) in [4.78, 5) is 30.5. The van der Waals surface area contributed by atoms with Crippen molar-refractivity contribution >= 4 is 27.0 Å². The van der Waals surface area contributed by atoms with E-state index in [0.717, 1.165) is 6.07 Å². The van der Waals surface area contributed by atoms with E-state index in [2.05, 4.69) is 4.98 Å². The maximum Gasteiger partial charge on any atom is 0.343 e. The van der Waals surface area contributed by atoms with Crippen LogP contribution in [-0.4, -0.2) is 39.9 Å². The molecule has 12 heteroatoms. The Morgan fingerprint density at radius 3 is 2.68 bits per heavy atom. The number of nitrogens with two attached hydrogens (primary N) is 1. The van der Waals surface area contributed by atoms with Crippen LogP contribution < -0.4 is 11.3 Å². The predicted molar refractivity (Wildman–Crippen MR) is 132 cm³/mol. The Hall–Kier alpha value is -3.19. The third-order valence-electron chi connectivity index (χ3n) is 7.15. The molecule has 0 radical (unpaired) electrons. The summed E-state index contributed by atoms with van der Waals surface area (Å²) in [5, 5.41) is 11.6. The van der Waals surface area contributed by atoms with Gasteiger partial charge in [0.05, 0.1) is 35.3 Å². The van der Waals surface area contributed by atoms with Gasteiger partial charge in [0.2, 0.25) is 0 Å². The highest BCUT2D eigenvalue weighted by Gasteiger charge is 2.45. The quantitative estimate of drug-likeness (QED) is 0.245. The number of hydrogen-bond acceptors (Lipinski definition) is 8. The molecule has 10 nitrogen and oxygen atoms in total. The summed E-state index contributed by atoms with van der Waals surface area (Å²) < 4.78 is 71.1. The van der Waals surface area contributed by atoms with E-state index in [1.165, 1.54) is 4.57 Å². The van der Waals surface area contributed by atoms with Gasteiger partial charge in [0.25, 0.3) is 15.7 Å². The molecule has 37 heavy (non-hydrogen) atoms. The van der Waals surface area contributed by atoms with Crippen LogP contribution in [0.25, 0.3) is 22.3 Å². The van der Waals surface area contributed by atoms with Crippen molar-refractivity contribution in [1.82, 2.24) is 9.55 Å². The number of carbonyl (C=O) groups excluding carboxylic acids is 1. The Balaban J connectivity index is 0.000000595. The number of nitrogens with zero attached hydrogens (tertiary/aromatic N) is 2. The number of esters is 1. The van der Waals surface area contributed by atoms with Crippen LogP contribution in [0.2, 0.25) is 0 Å². The molecule has 3 aliphatic rings. The van der Waals surface area contributed by atoms with Crippen molar-refractivity contribution in [3.05, 3.63) is 61.7 Å². The first-order valence-corrected chi connectivity index (χ1v) is 13.4. The molecule has 0 amide bonds. The molecule has 2 atom stereocenters. The second-order valence-electron chi connectivity index (χ2n) is 9.44. The maximum atomic E-state index is 15.1. The van der Waals surface area contributed by atoms with Gasteiger partial charge in [-0.05, 0) is 48.9 Å². The molecule has 2 aromatic heterocycles. The van der Waals surface area contributed by atoms with Crippen molar-refractivity contribution in [2.75, 3.05) is 6.26 Å². The summed E-state index contributed by atoms with van der Waals surface area (Å²) in [5.74, 6) is -1.67. The average molecular weight is 535 g/mol. The number of aromatic nitrogens is 2. The van der Waals surface area contributed by atoms with E-state index in [4.69, 9.17) is 19.1 Å². The molecule has 0 fully saturated rings. The number of hydrogen-bond donors (Lipinski definition) is 3. The Labute approximate surface area is 215 Å². The zero-order valence-electron chi connectivity index (χ0n) is 23.0. The highest BCUT2D eigenvalue weighted by atomic mass is 32.2. The number of rotatable bonds is 1. The van der Waals surface area contributed by atoms with Gasteiger partial charge < -0.3 is 20.1 Å². The smallest absolute Gasteiger partial charge is 0.343 e. The predicted octanol–water partition coefficient (Wildman–Crippen LogP) is 1.98. The standard InChI is InChI=1S/C24H22FN3O4.CH4O3S/c1-3-24(31)14-6-18-21-12(8-28(18)22(29)13(14)9-32-23(24)30)19-16(26)5-4-11-10(2)15(25)7-17(27-21)20(11)19;1-5(2,3)4/h6-7,16,31H,3-5,8-9,26H2,1-2H3;1H3,(H,2,3,4)/t16-,24-;/m0./s1/i2D3;. The number of fused-ring (bicyclic) bond motifs is 5. The average Bonchev–Trinajstić information content (AvgIpc) is 3.20. The number of halogens is 1. The fourth-order valence-corrected chi connectivity index (χ4v) is 5.43. The van der Waals surface area contributed by atoms with E-state index < -0.39 is 46.0 Å².